The number of aliphatic hydroxyl groups is 1. The second kappa shape index (κ2) is 8.18. The lowest BCUT2D eigenvalue weighted by Gasteiger charge is -2.37. The molecular formula is C17H26BN2O3. The van der Waals surface area contributed by atoms with Gasteiger partial charge in [-0.2, -0.15) is 0 Å². The summed E-state index contributed by atoms with van der Waals surface area (Å²) in [6.07, 6.45) is 3.06. The van der Waals surface area contributed by atoms with Gasteiger partial charge in [0.1, 0.15) is 5.75 Å². The van der Waals surface area contributed by atoms with Gasteiger partial charge in [-0.1, -0.05) is 12.1 Å². The maximum atomic E-state index is 10.1. The van der Waals surface area contributed by atoms with Gasteiger partial charge in [-0.25, -0.2) is 0 Å². The average molecular weight is 317 g/mol. The molecular weight excluding hydrogens is 291 g/mol. The van der Waals surface area contributed by atoms with Crippen LogP contribution >= 0.6 is 0 Å². The number of nitrogens with two attached hydrogens (primary N) is 1. The van der Waals surface area contributed by atoms with Crippen LogP contribution in [-0.2, 0) is 11.2 Å². The molecule has 6 heteroatoms. The van der Waals surface area contributed by atoms with Gasteiger partial charge < -0.3 is 20.2 Å². The molecule has 0 aliphatic carbocycles. The lowest BCUT2D eigenvalue weighted by molar-refractivity contribution is -0.0895. The van der Waals surface area contributed by atoms with Gasteiger partial charge in [0.25, 0.3) is 0 Å². The first-order valence-electron chi connectivity index (χ1n) is 7.47. The Balaban J connectivity index is 2.56. The summed E-state index contributed by atoms with van der Waals surface area (Å²) in [6, 6.07) is 7.70. The van der Waals surface area contributed by atoms with E-state index in [1.165, 1.54) is 13.7 Å². The molecule has 0 fully saturated rings. The van der Waals surface area contributed by atoms with E-state index < -0.39 is 11.2 Å². The van der Waals surface area contributed by atoms with Gasteiger partial charge in [0, 0.05) is 6.21 Å². The van der Waals surface area contributed by atoms with Gasteiger partial charge in [0.2, 0.25) is 0 Å². The quantitative estimate of drug-likeness (QED) is 0.569. The van der Waals surface area contributed by atoms with Gasteiger partial charge in [0.15, 0.2) is 0 Å². The molecule has 0 amide bonds. The van der Waals surface area contributed by atoms with Gasteiger partial charge in [-0.05, 0) is 57.1 Å². The van der Waals surface area contributed by atoms with Crippen molar-refractivity contribution in [1.29, 1.82) is 0 Å². The largest absolute Gasteiger partial charge is 0.497 e. The Hall–Kier alpha value is -1.79. The van der Waals surface area contributed by atoms with Gasteiger partial charge in [-0.3, -0.25) is 4.99 Å². The number of nitrogens with zero attached hydrogens (tertiary/aromatic N) is 1. The summed E-state index contributed by atoms with van der Waals surface area (Å²) in [6.45, 7) is 7.55. The molecule has 0 spiro atoms. The van der Waals surface area contributed by atoms with Gasteiger partial charge in [0.05, 0.1) is 24.9 Å². The molecule has 1 aromatic carbocycles. The third kappa shape index (κ3) is 6.08. The lowest BCUT2D eigenvalue weighted by atomic mass is 9.83. The summed E-state index contributed by atoms with van der Waals surface area (Å²) in [7, 11) is 3.14. The number of rotatable bonds is 8. The average Bonchev–Trinajstić information content (AvgIpc) is 2.50. The molecule has 3 N–H and O–H groups in total. The fourth-order valence-electron chi connectivity index (χ4n) is 1.46. The first-order valence-corrected chi connectivity index (χ1v) is 7.47. The van der Waals surface area contributed by atoms with E-state index in [-0.39, 0.29) is 0 Å². The van der Waals surface area contributed by atoms with Gasteiger partial charge >= 0.3 is 7.48 Å². The molecule has 0 saturated heterocycles. The van der Waals surface area contributed by atoms with Crippen molar-refractivity contribution < 1.29 is 14.5 Å². The van der Waals surface area contributed by atoms with Crippen LogP contribution in [-0.4, -0.2) is 37.1 Å². The van der Waals surface area contributed by atoms with E-state index in [9.17, 15) is 5.11 Å². The minimum atomic E-state index is -0.983. The van der Waals surface area contributed by atoms with Crippen LogP contribution in [0.15, 0.2) is 40.9 Å². The molecule has 0 heterocycles. The Morgan fingerprint density at radius 1 is 1.26 bits per heavy atom. The molecule has 1 aromatic rings. The van der Waals surface area contributed by atoms with Crippen molar-refractivity contribution in [1.82, 2.24) is 0 Å². The first kappa shape index (κ1) is 19.3. The summed E-state index contributed by atoms with van der Waals surface area (Å²) in [4.78, 5) is 4.34. The van der Waals surface area contributed by atoms with Crippen molar-refractivity contribution in [3.63, 3.8) is 0 Å². The molecule has 1 radical (unpaired) electrons. The van der Waals surface area contributed by atoms with Crippen LogP contribution in [0, 0.1) is 0 Å². The van der Waals surface area contributed by atoms with E-state index in [1.807, 2.05) is 38.1 Å². The van der Waals surface area contributed by atoms with E-state index in [2.05, 4.69) is 4.99 Å². The Labute approximate surface area is 139 Å². The summed E-state index contributed by atoms with van der Waals surface area (Å²) >= 11 is 0. The molecule has 0 aliphatic rings. The molecule has 0 saturated carbocycles. The molecule has 1 rings (SSSR count). The van der Waals surface area contributed by atoms with Crippen LogP contribution in [0.3, 0.4) is 0 Å². The minimum absolute atomic E-state index is 0.532. The van der Waals surface area contributed by atoms with E-state index in [0.717, 1.165) is 11.3 Å². The highest BCUT2D eigenvalue weighted by Gasteiger charge is 2.35. The Bertz CT molecular complexity index is 546. The number of allylic oxidation sites excluding steroid dienone is 1. The predicted octanol–water partition coefficient (Wildman–Crippen LogP) is 2.25. The fourth-order valence-corrected chi connectivity index (χ4v) is 1.46. The van der Waals surface area contributed by atoms with Crippen molar-refractivity contribution in [3.05, 3.63) is 41.5 Å². The fraction of sp³-hybridized carbons (Fsp3) is 0.471. The van der Waals surface area contributed by atoms with E-state index in [1.54, 1.807) is 27.2 Å². The molecule has 0 bridgehead atoms. The third-order valence-electron chi connectivity index (χ3n) is 3.83. The van der Waals surface area contributed by atoms with Crippen LogP contribution in [0.5, 0.6) is 5.75 Å². The minimum Gasteiger partial charge on any atom is -0.497 e. The van der Waals surface area contributed by atoms with Crippen molar-refractivity contribution in [3.8, 4) is 5.75 Å². The zero-order valence-electron chi connectivity index (χ0n) is 14.5. The smallest absolute Gasteiger partial charge is 0.333 e. The normalized spacial score (nSPS) is 13.4. The maximum Gasteiger partial charge on any atom is 0.333 e. The van der Waals surface area contributed by atoms with Crippen LogP contribution < -0.4 is 10.5 Å². The van der Waals surface area contributed by atoms with E-state index >= 15 is 0 Å². The molecule has 0 unspecified atom stereocenters. The monoisotopic (exact) mass is 317 g/mol. The first-order chi connectivity index (χ1) is 10.7. The molecule has 5 nitrogen and oxygen atoms in total. The van der Waals surface area contributed by atoms with Crippen molar-refractivity contribution >= 4 is 13.7 Å². The highest BCUT2D eigenvalue weighted by molar-refractivity contribution is 6.46. The highest BCUT2D eigenvalue weighted by atomic mass is 16.5. The second-order valence-electron chi connectivity index (χ2n) is 6.29. The Morgan fingerprint density at radius 3 is 2.35 bits per heavy atom. The number of aliphatic imine (C=N–C) groups is 1. The molecule has 23 heavy (non-hydrogen) atoms. The Morgan fingerprint density at radius 2 is 1.87 bits per heavy atom. The zero-order valence-corrected chi connectivity index (χ0v) is 14.5. The van der Waals surface area contributed by atoms with Crippen LogP contribution in [0.2, 0.25) is 0 Å². The van der Waals surface area contributed by atoms with E-state index in [4.69, 9.17) is 15.1 Å². The summed E-state index contributed by atoms with van der Waals surface area (Å²) in [5, 5.41) is 10.1. The second-order valence-corrected chi connectivity index (χ2v) is 6.29. The van der Waals surface area contributed by atoms with Crippen LogP contribution in [0.4, 0.5) is 0 Å². The topological polar surface area (TPSA) is 77.1 Å². The SMILES string of the molecule is COc1ccc(CN=CC([B]OC(C)(C)C(C)(C)O)=CN)cc1. The van der Waals surface area contributed by atoms with Crippen LogP contribution in [0.1, 0.15) is 33.3 Å². The third-order valence-corrected chi connectivity index (χ3v) is 3.83. The zero-order chi connectivity index (χ0) is 17.5. The number of hydrogen-bond acceptors (Lipinski definition) is 5. The summed E-state index contributed by atoms with van der Waals surface area (Å²) in [5.74, 6) is 0.816. The van der Waals surface area contributed by atoms with Crippen LogP contribution in [0.25, 0.3) is 0 Å². The van der Waals surface area contributed by atoms with Gasteiger partial charge in [-0.15, -0.1) is 0 Å². The molecule has 0 atom stereocenters. The number of hydrogen-bond donors (Lipinski definition) is 2. The van der Waals surface area contributed by atoms with Crippen molar-refractivity contribution in [2.45, 2.75) is 45.4 Å². The summed E-state index contributed by atoms with van der Waals surface area (Å²) < 4.78 is 10.8. The van der Waals surface area contributed by atoms with Crippen molar-refractivity contribution in [2.24, 2.45) is 10.7 Å². The summed E-state index contributed by atoms with van der Waals surface area (Å²) in [5.41, 5.74) is 5.56. The number of ether oxygens (including phenoxy) is 1. The number of benzene rings is 1. The number of methoxy groups -OCH3 is 1. The predicted molar refractivity (Wildman–Crippen MR) is 94.7 cm³/mol. The molecule has 125 valence electrons. The Kier molecular flexibility index (Phi) is 6.85. The van der Waals surface area contributed by atoms with Crippen molar-refractivity contribution in [2.75, 3.05) is 7.11 Å². The standard InChI is InChI=1S/C17H26BN2O3/c1-16(2,21)17(3,4)23-18-14(10-19)12-20-11-13-6-8-15(22-5)9-7-13/h6-10,12,21H,11,19H2,1-5H3. The maximum absolute atomic E-state index is 10.1. The molecule has 0 aliphatic heterocycles. The molecule has 0 aromatic heterocycles. The van der Waals surface area contributed by atoms with E-state index in [0.29, 0.717) is 12.0 Å². The highest BCUT2D eigenvalue weighted by Crippen LogP contribution is 2.24. The lowest BCUT2D eigenvalue weighted by Crippen LogP contribution is -2.48.